The van der Waals surface area contributed by atoms with Gasteiger partial charge in [-0.1, -0.05) is 35.6 Å². The lowest BCUT2D eigenvalue weighted by atomic mass is 10.2. The number of fused-ring (bicyclic) bond motifs is 1. The number of ether oxygens (including phenoxy) is 1. The normalized spacial score (nSPS) is 12.0. The van der Waals surface area contributed by atoms with Crippen molar-refractivity contribution in [2.24, 2.45) is 0 Å². The highest BCUT2D eigenvalue weighted by Gasteiger charge is 2.13. The van der Waals surface area contributed by atoms with E-state index in [9.17, 15) is 4.79 Å². The highest BCUT2D eigenvalue weighted by molar-refractivity contribution is 9.10. The smallest absolute Gasteiger partial charge is 0.274 e. The first-order valence-corrected chi connectivity index (χ1v) is 13.5. The minimum absolute atomic E-state index is 0.111. The average molecular weight is 449 g/mol. The Labute approximate surface area is 168 Å². The van der Waals surface area contributed by atoms with Crippen LogP contribution in [0.25, 0.3) is 10.8 Å². The molecule has 6 nitrogen and oxygen atoms in total. The number of hydrogen-bond donors (Lipinski definition) is 0. The summed E-state index contributed by atoms with van der Waals surface area (Å²) in [4.78, 5) is 12.7. The van der Waals surface area contributed by atoms with Crippen LogP contribution in [0.15, 0.2) is 39.9 Å². The van der Waals surface area contributed by atoms with Gasteiger partial charge in [0.1, 0.15) is 6.73 Å². The number of aryl methyl sites for hydroxylation is 1. The van der Waals surface area contributed by atoms with Gasteiger partial charge in [-0.15, -0.1) is 0 Å². The van der Waals surface area contributed by atoms with Crippen LogP contribution in [0.2, 0.25) is 25.7 Å². The summed E-state index contributed by atoms with van der Waals surface area (Å²) in [5.74, 6) is 0. The second-order valence-electron chi connectivity index (χ2n) is 7.99. The molecule has 144 valence electrons. The first kappa shape index (κ1) is 20.0. The van der Waals surface area contributed by atoms with Gasteiger partial charge in [0.15, 0.2) is 0 Å². The summed E-state index contributed by atoms with van der Waals surface area (Å²) in [7, 11) is -1.09. The van der Waals surface area contributed by atoms with Crippen molar-refractivity contribution in [2.75, 3.05) is 6.61 Å². The fourth-order valence-corrected chi connectivity index (χ4v) is 3.87. The molecule has 2 heterocycles. The number of halogens is 1. The lowest BCUT2D eigenvalue weighted by Crippen LogP contribution is -2.24. The summed E-state index contributed by atoms with van der Waals surface area (Å²) in [6.45, 7) is 10.5. The number of benzene rings is 1. The fourth-order valence-electron chi connectivity index (χ4n) is 2.73. The summed E-state index contributed by atoms with van der Waals surface area (Å²) < 4.78 is 9.93. The predicted molar refractivity (Wildman–Crippen MR) is 114 cm³/mol. The molecule has 1 aromatic carbocycles. The van der Waals surface area contributed by atoms with Gasteiger partial charge in [-0.3, -0.25) is 4.79 Å². The first-order chi connectivity index (χ1) is 12.7. The molecule has 0 aliphatic heterocycles. The highest BCUT2D eigenvalue weighted by atomic mass is 79.9. The standard InChI is InChI=1S/C19H25BrN4O2Si/c1-14-11-23(13-26-7-8-27(2,3)4)22-18(14)12-24-19(25)17-6-5-16(20)9-15(17)10-21-24/h5-6,9-11H,7-8,12-13H2,1-4H3. The Balaban J connectivity index is 1.72. The third-order valence-electron chi connectivity index (χ3n) is 4.38. The maximum atomic E-state index is 12.7. The van der Waals surface area contributed by atoms with Gasteiger partial charge >= 0.3 is 0 Å². The molecule has 0 saturated carbocycles. The molecule has 0 aliphatic carbocycles. The van der Waals surface area contributed by atoms with E-state index in [1.54, 1.807) is 10.9 Å². The lowest BCUT2D eigenvalue weighted by Gasteiger charge is -2.15. The van der Waals surface area contributed by atoms with Gasteiger partial charge in [0.2, 0.25) is 0 Å². The zero-order valence-electron chi connectivity index (χ0n) is 16.2. The Bertz CT molecular complexity index is 1010. The Morgan fingerprint density at radius 1 is 1.26 bits per heavy atom. The van der Waals surface area contributed by atoms with Crippen molar-refractivity contribution in [3.63, 3.8) is 0 Å². The van der Waals surface area contributed by atoms with Crippen LogP contribution in [0, 0.1) is 6.92 Å². The summed E-state index contributed by atoms with van der Waals surface area (Å²) >= 11 is 3.42. The molecular weight excluding hydrogens is 424 g/mol. The molecule has 0 aliphatic rings. The summed E-state index contributed by atoms with van der Waals surface area (Å²) in [6, 6.07) is 6.71. The van der Waals surface area contributed by atoms with Crippen molar-refractivity contribution in [1.29, 1.82) is 0 Å². The van der Waals surface area contributed by atoms with Crippen LogP contribution in [0.1, 0.15) is 11.3 Å². The number of aromatic nitrogens is 4. The Morgan fingerprint density at radius 3 is 2.78 bits per heavy atom. The molecule has 0 N–H and O–H groups in total. The molecule has 0 unspecified atom stereocenters. The van der Waals surface area contributed by atoms with Gasteiger partial charge < -0.3 is 4.74 Å². The molecule has 0 spiro atoms. The molecule has 8 heteroatoms. The van der Waals surface area contributed by atoms with Crippen LogP contribution < -0.4 is 5.56 Å². The van der Waals surface area contributed by atoms with E-state index in [-0.39, 0.29) is 5.56 Å². The molecule has 0 amide bonds. The van der Waals surface area contributed by atoms with Gasteiger partial charge in [0.25, 0.3) is 5.56 Å². The van der Waals surface area contributed by atoms with E-state index in [1.807, 2.05) is 31.3 Å². The molecule has 0 radical (unpaired) electrons. The summed E-state index contributed by atoms with van der Waals surface area (Å²) in [5.41, 5.74) is 1.74. The van der Waals surface area contributed by atoms with Gasteiger partial charge in [-0.25, -0.2) is 9.36 Å². The topological polar surface area (TPSA) is 61.9 Å². The summed E-state index contributed by atoms with van der Waals surface area (Å²) in [5, 5.41) is 10.3. The van der Waals surface area contributed by atoms with Crippen molar-refractivity contribution in [1.82, 2.24) is 19.6 Å². The van der Waals surface area contributed by atoms with Crippen molar-refractivity contribution in [3.8, 4) is 0 Å². The van der Waals surface area contributed by atoms with E-state index in [0.717, 1.165) is 33.8 Å². The highest BCUT2D eigenvalue weighted by Crippen LogP contribution is 2.16. The molecule has 27 heavy (non-hydrogen) atoms. The molecule has 0 atom stereocenters. The molecule has 3 rings (SSSR count). The zero-order valence-corrected chi connectivity index (χ0v) is 18.8. The maximum absolute atomic E-state index is 12.7. The van der Waals surface area contributed by atoms with E-state index in [1.165, 1.54) is 4.68 Å². The van der Waals surface area contributed by atoms with Crippen LogP contribution >= 0.6 is 15.9 Å². The zero-order chi connectivity index (χ0) is 19.6. The predicted octanol–water partition coefficient (Wildman–Crippen LogP) is 4.02. The van der Waals surface area contributed by atoms with Gasteiger partial charge in [0.05, 0.1) is 23.8 Å². The van der Waals surface area contributed by atoms with Crippen LogP contribution in [0.4, 0.5) is 0 Å². The molecule has 2 aromatic heterocycles. The van der Waals surface area contributed by atoms with Crippen molar-refractivity contribution >= 4 is 34.8 Å². The third kappa shape index (κ3) is 5.15. The Hall–Kier alpha value is -1.77. The van der Waals surface area contributed by atoms with Gasteiger partial charge in [-0.2, -0.15) is 10.2 Å². The second kappa shape index (κ2) is 8.08. The van der Waals surface area contributed by atoms with E-state index in [0.29, 0.717) is 18.7 Å². The van der Waals surface area contributed by atoms with E-state index >= 15 is 0 Å². The number of nitrogens with zero attached hydrogens (tertiary/aromatic N) is 4. The van der Waals surface area contributed by atoms with Crippen LogP contribution in [0.3, 0.4) is 0 Å². The largest absolute Gasteiger partial charge is 0.360 e. The summed E-state index contributed by atoms with van der Waals surface area (Å²) in [6.07, 6.45) is 3.67. The molecule has 0 fully saturated rings. The number of rotatable bonds is 7. The van der Waals surface area contributed by atoms with E-state index in [2.05, 4.69) is 45.8 Å². The SMILES string of the molecule is Cc1cn(COCC[Si](C)(C)C)nc1Cn1ncc2cc(Br)ccc2c1=O. The molecule has 0 bridgehead atoms. The second-order valence-corrected chi connectivity index (χ2v) is 14.5. The van der Waals surface area contributed by atoms with E-state index < -0.39 is 8.07 Å². The maximum Gasteiger partial charge on any atom is 0.274 e. The van der Waals surface area contributed by atoms with Crippen molar-refractivity contribution in [3.05, 3.63) is 56.7 Å². The minimum atomic E-state index is -1.09. The quantitative estimate of drug-likeness (QED) is 0.404. The van der Waals surface area contributed by atoms with Crippen molar-refractivity contribution < 1.29 is 4.74 Å². The Morgan fingerprint density at radius 2 is 2.04 bits per heavy atom. The first-order valence-electron chi connectivity index (χ1n) is 8.99. The average Bonchev–Trinajstić information content (AvgIpc) is 2.93. The fraction of sp³-hybridized carbons (Fsp3) is 0.421. The minimum Gasteiger partial charge on any atom is -0.360 e. The third-order valence-corrected chi connectivity index (χ3v) is 6.58. The lowest BCUT2D eigenvalue weighted by molar-refractivity contribution is 0.0782. The Kier molecular flexibility index (Phi) is 5.98. The molecule has 3 aromatic rings. The number of hydrogen-bond acceptors (Lipinski definition) is 4. The van der Waals surface area contributed by atoms with E-state index in [4.69, 9.17) is 4.74 Å². The van der Waals surface area contributed by atoms with Gasteiger partial charge in [0, 0.05) is 30.7 Å². The van der Waals surface area contributed by atoms with Gasteiger partial charge in [-0.05, 0) is 36.7 Å². The van der Waals surface area contributed by atoms with Crippen LogP contribution in [0.5, 0.6) is 0 Å². The van der Waals surface area contributed by atoms with Crippen LogP contribution in [-0.4, -0.2) is 34.2 Å². The van der Waals surface area contributed by atoms with Crippen molar-refractivity contribution in [2.45, 2.75) is 45.9 Å². The monoisotopic (exact) mass is 448 g/mol. The molecular formula is C19H25BrN4O2Si. The van der Waals surface area contributed by atoms with Crippen LogP contribution in [-0.2, 0) is 18.0 Å². The molecule has 0 saturated heterocycles.